The quantitative estimate of drug-likeness (QED) is 0.543. The van der Waals surface area contributed by atoms with Crippen LogP contribution in [0.4, 0.5) is 5.69 Å². The van der Waals surface area contributed by atoms with Gasteiger partial charge < -0.3 is 4.57 Å². The molecule has 0 fully saturated rings. The largest absolute Gasteiger partial charge is 0.306 e. The summed E-state index contributed by atoms with van der Waals surface area (Å²) in [6, 6.07) is 2.49. The van der Waals surface area contributed by atoms with E-state index in [4.69, 9.17) is 0 Å². The first kappa shape index (κ1) is 10.4. The molecule has 0 atom stereocenters. The number of hydrogen-bond acceptors (Lipinski definition) is 3. The van der Waals surface area contributed by atoms with Crippen molar-refractivity contribution in [3.63, 3.8) is 0 Å². The molecule has 0 saturated heterocycles. The van der Waals surface area contributed by atoms with Crippen LogP contribution in [0.15, 0.2) is 16.9 Å². The van der Waals surface area contributed by atoms with Gasteiger partial charge >= 0.3 is 0 Å². The van der Waals surface area contributed by atoms with E-state index in [1.807, 2.05) is 6.92 Å². The fourth-order valence-electron chi connectivity index (χ4n) is 1.36. The zero-order valence-electron chi connectivity index (χ0n) is 8.19. The molecule has 0 unspecified atom stereocenters. The van der Waals surface area contributed by atoms with Gasteiger partial charge in [0.25, 0.3) is 11.2 Å². The molecule has 0 N–H and O–H groups in total. The minimum atomic E-state index is -0.471. The zero-order valence-corrected chi connectivity index (χ0v) is 8.19. The Morgan fingerprint density at radius 3 is 2.64 bits per heavy atom. The zero-order chi connectivity index (χ0) is 10.7. The van der Waals surface area contributed by atoms with Gasteiger partial charge in [-0.15, -0.1) is 0 Å². The van der Waals surface area contributed by atoms with Gasteiger partial charge in [-0.25, -0.2) is 0 Å². The monoisotopic (exact) mass is 196 g/mol. The summed E-state index contributed by atoms with van der Waals surface area (Å²) < 4.78 is 1.43. The Morgan fingerprint density at radius 1 is 1.50 bits per heavy atom. The highest BCUT2D eigenvalue weighted by Gasteiger charge is 2.13. The Kier molecular flexibility index (Phi) is 3.01. The summed E-state index contributed by atoms with van der Waals surface area (Å²) in [7, 11) is 0. The van der Waals surface area contributed by atoms with Crippen molar-refractivity contribution < 1.29 is 4.92 Å². The second kappa shape index (κ2) is 4.04. The first-order valence-electron chi connectivity index (χ1n) is 4.42. The van der Waals surface area contributed by atoms with Crippen LogP contribution in [-0.2, 0) is 6.54 Å². The van der Waals surface area contributed by atoms with E-state index in [1.165, 1.54) is 16.7 Å². The highest BCUT2D eigenvalue weighted by molar-refractivity contribution is 5.34. The Labute approximate surface area is 81.1 Å². The number of pyridine rings is 1. The summed E-state index contributed by atoms with van der Waals surface area (Å²) in [4.78, 5) is 21.5. The lowest BCUT2D eigenvalue weighted by Crippen LogP contribution is -2.22. The number of nitrogens with zero attached hydrogens (tertiary/aromatic N) is 2. The van der Waals surface area contributed by atoms with Gasteiger partial charge in [-0.2, -0.15) is 0 Å². The maximum atomic E-state index is 11.3. The van der Waals surface area contributed by atoms with Gasteiger partial charge in [0.05, 0.1) is 10.6 Å². The Morgan fingerprint density at radius 2 is 2.14 bits per heavy atom. The average Bonchev–Trinajstić information content (AvgIpc) is 2.11. The molecule has 0 radical (unpaired) electrons. The van der Waals surface area contributed by atoms with Gasteiger partial charge in [-0.1, -0.05) is 6.92 Å². The van der Waals surface area contributed by atoms with Crippen LogP contribution >= 0.6 is 0 Å². The first-order chi connectivity index (χ1) is 6.57. The molecule has 1 aromatic heterocycles. The van der Waals surface area contributed by atoms with E-state index in [2.05, 4.69) is 0 Å². The molecule has 0 aliphatic rings. The molecule has 0 aromatic carbocycles. The van der Waals surface area contributed by atoms with Crippen molar-refractivity contribution in [2.45, 2.75) is 26.8 Å². The summed E-state index contributed by atoms with van der Waals surface area (Å²) in [5.41, 5.74) is 0.234. The Hall–Kier alpha value is -1.65. The fourth-order valence-corrected chi connectivity index (χ4v) is 1.36. The van der Waals surface area contributed by atoms with Gasteiger partial charge in [0, 0.05) is 18.7 Å². The van der Waals surface area contributed by atoms with E-state index in [-0.39, 0.29) is 11.2 Å². The number of nitro groups is 1. The van der Waals surface area contributed by atoms with Crippen LogP contribution in [0.1, 0.15) is 19.0 Å². The topological polar surface area (TPSA) is 65.1 Å². The fraction of sp³-hybridized carbons (Fsp3) is 0.444. The molecule has 0 aliphatic heterocycles. The van der Waals surface area contributed by atoms with Crippen molar-refractivity contribution in [3.8, 4) is 0 Å². The van der Waals surface area contributed by atoms with Gasteiger partial charge in [-0.05, 0) is 13.3 Å². The van der Waals surface area contributed by atoms with Crippen LogP contribution in [0.25, 0.3) is 0 Å². The standard InChI is InChI=1S/C9H12N2O3/c1-3-6-10-7(2)8(11(13)14)4-5-9(10)12/h4-5H,3,6H2,1-2H3. The number of rotatable bonds is 3. The first-order valence-corrected chi connectivity index (χ1v) is 4.42. The van der Waals surface area contributed by atoms with Crippen LogP contribution < -0.4 is 5.56 Å². The molecule has 0 amide bonds. The number of aromatic nitrogens is 1. The predicted molar refractivity (Wildman–Crippen MR) is 52.4 cm³/mol. The van der Waals surface area contributed by atoms with Crippen LogP contribution in [0, 0.1) is 17.0 Å². The van der Waals surface area contributed by atoms with Crippen molar-refractivity contribution in [1.82, 2.24) is 4.57 Å². The van der Waals surface area contributed by atoms with Gasteiger partial charge in [0.1, 0.15) is 0 Å². The van der Waals surface area contributed by atoms with Gasteiger partial charge in [-0.3, -0.25) is 14.9 Å². The third-order valence-corrected chi connectivity index (χ3v) is 2.07. The molecular weight excluding hydrogens is 184 g/mol. The van der Waals surface area contributed by atoms with Gasteiger partial charge in [0.2, 0.25) is 0 Å². The third-order valence-electron chi connectivity index (χ3n) is 2.07. The van der Waals surface area contributed by atoms with E-state index in [9.17, 15) is 14.9 Å². The molecule has 5 heteroatoms. The minimum absolute atomic E-state index is 0.00181. The normalized spacial score (nSPS) is 10.1. The lowest BCUT2D eigenvalue weighted by molar-refractivity contribution is -0.386. The van der Waals surface area contributed by atoms with E-state index in [0.717, 1.165) is 6.42 Å². The van der Waals surface area contributed by atoms with E-state index in [1.54, 1.807) is 6.92 Å². The molecule has 0 saturated carbocycles. The summed E-state index contributed by atoms with van der Waals surface area (Å²) in [6.45, 7) is 4.03. The van der Waals surface area contributed by atoms with E-state index in [0.29, 0.717) is 12.2 Å². The lowest BCUT2D eigenvalue weighted by atomic mass is 10.3. The molecule has 5 nitrogen and oxygen atoms in total. The van der Waals surface area contributed by atoms with Crippen LogP contribution in [0.5, 0.6) is 0 Å². The average molecular weight is 196 g/mol. The van der Waals surface area contributed by atoms with Crippen molar-refractivity contribution in [1.29, 1.82) is 0 Å². The third kappa shape index (κ3) is 1.81. The maximum absolute atomic E-state index is 11.3. The van der Waals surface area contributed by atoms with Crippen molar-refractivity contribution in [2.75, 3.05) is 0 Å². The molecule has 0 spiro atoms. The summed E-state index contributed by atoms with van der Waals surface area (Å²) in [5.74, 6) is 0. The van der Waals surface area contributed by atoms with Crippen LogP contribution in [0.2, 0.25) is 0 Å². The van der Waals surface area contributed by atoms with E-state index >= 15 is 0 Å². The molecule has 14 heavy (non-hydrogen) atoms. The van der Waals surface area contributed by atoms with Crippen molar-refractivity contribution in [3.05, 3.63) is 38.3 Å². The maximum Gasteiger partial charge on any atom is 0.288 e. The van der Waals surface area contributed by atoms with Gasteiger partial charge in [0.15, 0.2) is 0 Å². The number of hydrogen-bond donors (Lipinski definition) is 0. The molecule has 1 aromatic rings. The highest BCUT2D eigenvalue weighted by Crippen LogP contribution is 2.14. The SMILES string of the molecule is CCCn1c(C)c([N+](=O)[O-])ccc1=O. The molecule has 0 aliphatic carbocycles. The minimum Gasteiger partial charge on any atom is -0.306 e. The molecule has 1 heterocycles. The van der Waals surface area contributed by atoms with Crippen molar-refractivity contribution >= 4 is 5.69 Å². The van der Waals surface area contributed by atoms with Crippen molar-refractivity contribution in [2.24, 2.45) is 0 Å². The summed E-state index contributed by atoms with van der Waals surface area (Å²) in [5, 5.41) is 10.6. The van der Waals surface area contributed by atoms with E-state index < -0.39 is 4.92 Å². The Bertz CT molecular complexity index is 409. The molecule has 76 valence electrons. The highest BCUT2D eigenvalue weighted by atomic mass is 16.6. The molecular formula is C9H12N2O3. The molecule has 0 bridgehead atoms. The second-order valence-corrected chi connectivity index (χ2v) is 3.05. The summed E-state index contributed by atoms with van der Waals surface area (Å²) >= 11 is 0. The predicted octanol–water partition coefficient (Wildman–Crippen LogP) is 1.47. The smallest absolute Gasteiger partial charge is 0.288 e. The molecule has 1 rings (SSSR count). The van der Waals surface area contributed by atoms with Crippen LogP contribution in [-0.4, -0.2) is 9.49 Å². The van der Waals surface area contributed by atoms with Crippen LogP contribution in [0.3, 0.4) is 0 Å². The summed E-state index contributed by atoms with van der Waals surface area (Å²) in [6.07, 6.45) is 0.780. The Balaban J connectivity index is 3.33. The second-order valence-electron chi connectivity index (χ2n) is 3.05. The lowest BCUT2D eigenvalue weighted by Gasteiger charge is -2.07.